The van der Waals surface area contributed by atoms with Crippen molar-refractivity contribution in [2.75, 3.05) is 22.4 Å². The smallest absolute Gasteiger partial charge is 0.245 e. The van der Waals surface area contributed by atoms with Crippen LogP contribution in [0.15, 0.2) is 36.4 Å². The van der Waals surface area contributed by atoms with Crippen LogP contribution in [-0.2, 0) is 27.7 Å². The average molecular weight is 389 g/mol. The number of para-hydroxylation sites is 1. The highest BCUT2D eigenvalue weighted by molar-refractivity contribution is 7.92. The highest BCUT2D eigenvalue weighted by Crippen LogP contribution is 2.25. The molecule has 0 saturated carbocycles. The SMILES string of the molecule is CCc1cccc(CC)c1NC(=O)CN(c1ccc(C)cc1C)S(C)(=O)=O. The summed E-state index contributed by atoms with van der Waals surface area (Å²) in [7, 11) is -3.60. The molecule has 6 heteroatoms. The van der Waals surface area contributed by atoms with Gasteiger partial charge in [0, 0.05) is 5.69 Å². The van der Waals surface area contributed by atoms with Crippen molar-refractivity contribution in [2.24, 2.45) is 0 Å². The van der Waals surface area contributed by atoms with Gasteiger partial charge in [-0.15, -0.1) is 0 Å². The molecular formula is C21H28N2O3S. The van der Waals surface area contributed by atoms with Gasteiger partial charge < -0.3 is 5.32 Å². The van der Waals surface area contributed by atoms with E-state index in [4.69, 9.17) is 0 Å². The fourth-order valence-corrected chi connectivity index (χ4v) is 4.09. The minimum absolute atomic E-state index is 0.260. The van der Waals surface area contributed by atoms with Gasteiger partial charge in [-0.3, -0.25) is 9.10 Å². The van der Waals surface area contributed by atoms with Crippen molar-refractivity contribution in [3.63, 3.8) is 0 Å². The normalized spacial score (nSPS) is 11.3. The molecule has 1 amide bonds. The molecule has 1 N–H and O–H groups in total. The number of carbonyl (C=O) groups is 1. The Labute approximate surface area is 162 Å². The molecule has 0 saturated heterocycles. The minimum Gasteiger partial charge on any atom is -0.324 e. The minimum atomic E-state index is -3.60. The van der Waals surface area contributed by atoms with Gasteiger partial charge in [0.2, 0.25) is 15.9 Å². The molecule has 0 aromatic heterocycles. The van der Waals surface area contributed by atoms with Gasteiger partial charge in [-0.1, -0.05) is 49.7 Å². The first kappa shape index (κ1) is 21.0. The Morgan fingerprint density at radius 1 is 1.04 bits per heavy atom. The first-order chi connectivity index (χ1) is 12.7. The Morgan fingerprint density at radius 2 is 1.63 bits per heavy atom. The molecule has 0 aliphatic carbocycles. The summed E-state index contributed by atoms with van der Waals surface area (Å²) in [4.78, 5) is 12.7. The number of hydrogen-bond donors (Lipinski definition) is 1. The van der Waals surface area contributed by atoms with E-state index < -0.39 is 10.0 Å². The van der Waals surface area contributed by atoms with E-state index in [-0.39, 0.29) is 12.5 Å². The van der Waals surface area contributed by atoms with E-state index in [1.165, 1.54) is 0 Å². The second kappa shape index (κ2) is 8.57. The van der Waals surface area contributed by atoms with Crippen molar-refractivity contribution in [1.82, 2.24) is 0 Å². The molecule has 0 aliphatic rings. The van der Waals surface area contributed by atoms with Crippen LogP contribution in [0.25, 0.3) is 0 Å². The zero-order valence-corrected chi connectivity index (χ0v) is 17.5. The van der Waals surface area contributed by atoms with Gasteiger partial charge >= 0.3 is 0 Å². The van der Waals surface area contributed by atoms with E-state index in [1.54, 1.807) is 6.07 Å². The lowest BCUT2D eigenvalue weighted by Gasteiger charge is -2.24. The van der Waals surface area contributed by atoms with Crippen LogP contribution >= 0.6 is 0 Å². The summed E-state index contributed by atoms with van der Waals surface area (Å²) in [6, 6.07) is 11.4. The fourth-order valence-electron chi connectivity index (χ4n) is 3.18. The molecule has 2 aromatic rings. The molecule has 146 valence electrons. The molecule has 2 rings (SSSR count). The van der Waals surface area contributed by atoms with Gasteiger partial charge in [0.05, 0.1) is 11.9 Å². The quantitative estimate of drug-likeness (QED) is 0.784. The van der Waals surface area contributed by atoms with E-state index in [0.29, 0.717) is 5.69 Å². The third-order valence-electron chi connectivity index (χ3n) is 4.57. The van der Waals surface area contributed by atoms with Crippen molar-refractivity contribution >= 4 is 27.3 Å². The number of anilines is 2. The van der Waals surface area contributed by atoms with Crippen LogP contribution in [0.5, 0.6) is 0 Å². The number of rotatable bonds is 7. The van der Waals surface area contributed by atoms with Crippen LogP contribution in [0.4, 0.5) is 11.4 Å². The van der Waals surface area contributed by atoms with Crippen LogP contribution in [-0.4, -0.2) is 27.1 Å². The van der Waals surface area contributed by atoms with Crippen LogP contribution in [0.2, 0.25) is 0 Å². The molecule has 0 bridgehead atoms. The van der Waals surface area contributed by atoms with Gasteiger partial charge in [-0.2, -0.15) is 0 Å². The first-order valence-corrected chi connectivity index (χ1v) is 11.0. The molecule has 0 aliphatic heterocycles. The summed E-state index contributed by atoms with van der Waals surface area (Å²) < 4.78 is 25.9. The highest BCUT2D eigenvalue weighted by atomic mass is 32.2. The summed E-state index contributed by atoms with van der Waals surface area (Å²) in [5.41, 5.74) is 5.26. The Hall–Kier alpha value is -2.34. The predicted molar refractivity (Wildman–Crippen MR) is 112 cm³/mol. The Balaban J connectivity index is 2.33. The summed E-state index contributed by atoms with van der Waals surface area (Å²) in [5.74, 6) is -0.351. The molecule has 0 fully saturated rings. The standard InChI is InChI=1S/C21H28N2O3S/c1-6-17-9-8-10-18(7-2)21(17)22-20(24)14-23(27(5,25)26)19-12-11-15(3)13-16(19)4/h8-13H,6-7,14H2,1-5H3,(H,22,24). The van der Waals surface area contributed by atoms with E-state index in [2.05, 4.69) is 5.32 Å². The fraction of sp³-hybridized carbons (Fsp3) is 0.381. The lowest BCUT2D eigenvalue weighted by atomic mass is 10.0. The van der Waals surface area contributed by atoms with E-state index in [0.717, 1.165) is 51.3 Å². The predicted octanol–water partition coefficient (Wildman–Crippen LogP) is 3.83. The zero-order valence-electron chi connectivity index (χ0n) is 16.7. The Kier molecular flexibility index (Phi) is 6.65. The number of nitrogens with zero attached hydrogens (tertiary/aromatic N) is 1. The average Bonchev–Trinajstić information content (AvgIpc) is 2.59. The number of sulfonamides is 1. The van der Waals surface area contributed by atoms with Gasteiger partial charge in [0.15, 0.2) is 0 Å². The molecule has 0 spiro atoms. The third-order valence-corrected chi connectivity index (χ3v) is 5.70. The van der Waals surface area contributed by atoms with E-state index in [1.807, 2.05) is 58.0 Å². The van der Waals surface area contributed by atoms with Crippen molar-refractivity contribution < 1.29 is 13.2 Å². The molecule has 0 heterocycles. The van der Waals surface area contributed by atoms with Crippen LogP contribution in [0, 0.1) is 13.8 Å². The van der Waals surface area contributed by atoms with E-state index in [9.17, 15) is 13.2 Å². The molecular weight excluding hydrogens is 360 g/mol. The largest absolute Gasteiger partial charge is 0.324 e. The number of aryl methyl sites for hydroxylation is 4. The van der Waals surface area contributed by atoms with Crippen LogP contribution < -0.4 is 9.62 Å². The van der Waals surface area contributed by atoms with Gasteiger partial charge in [-0.05, 0) is 49.4 Å². The maximum atomic E-state index is 12.7. The van der Waals surface area contributed by atoms with E-state index >= 15 is 0 Å². The Morgan fingerprint density at radius 3 is 2.11 bits per heavy atom. The second-order valence-electron chi connectivity index (χ2n) is 6.77. The van der Waals surface area contributed by atoms with Crippen molar-refractivity contribution in [1.29, 1.82) is 0 Å². The van der Waals surface area contributed by atoms with Crippen LogP contribution in [0.3, 0.4) is 0 Å². The van der Waals surface area contributed by atoms with Crippen molar-refractivity contribution in [2.45, 2.75) is 40.5 Å². The summed E-state index contributed by atoms with van der Waals surface area (Å²) >= 11 is 0. The summed E-state index contributed by atoms with van der Waals surface area (Å²) in [6.45, 7) is 7.60. The molecule has 27 heavy (non-hydrogen) atoms. The Bertz CT molecular complexity index is 914. The summed E-state index contributed by atoms with van der Waals surface area (Å²) in [5, 5.41) is 2.94. The van der Waals surface area contributed by atoms with Gasteiger partial charge in [-0.25, -0.2) is 8.42 Å². The topological polar surface area (TPSA) is 66.5 Å². The lowest BCUT2D eigenvalue weighted by molar-refractivity contribution is -0.114. The van der Waals surface area contributed by atoms with Gasteiger partial charge in [0.1, 0.15) is 6.54 Å². The maximum absolute atomic E-state index is 12.7. The van der Waals surface area contributed by atoms with Crippen LogP contribution in [0.1, 0.15) is 36.1 Å². The zero-order chi connectivity index (χ0) is 20.2. The number of amides is 1. The highest BCUT2D eigenvalue weighted by Gasteiger charge is 2.23. The van der Waals surface area contributed by atoms with Gasteiger partial charge in [0.25, 0.3) is 0 Å². The number of carbonyl (C=O) groups excluding carboxylic acids is 1. The second-order valence-corrected chi connectivity index (χ2v) is 8.67. The summed E-state index contributed by atoms with van der Waals surface area (Å²) in [6.07, 6.45) is 2.70. The third kappa shape index (κ3) is 5.10. The molecule has 2 aromatic carbocycles. The molecule has 0 radical (unpaired) electrons. The number of benzene rings is 2. The monoisotopic (exact) mass is 388 g/mol. The first-order valence-electron chi connectivity index (χ1n) is 9.13. The lowest BCUT2D eigenvalue weighted by Crippen LogP contribution is -2.38. The van der Waals surface area contributed by atoms with Crippen molar-refractivity contribution in [3.05, 3.63) is 58.7 Å². The molecule has 0 atom stereocenters. The maximum Gasteiger partial charge on any atom is 0.245 e. The number of hydrogen-bond acceptors (Lipinski definition) is 3. The van der Waals surface area contributed by atoms with Crippen molar-refractivity contribution in [3.8, 4) is 0 Å². The number of nitrogens with one attached hydrogen (secondary N) is 1. The molecule has 0 unspecified atom stereocenters. The molecule has 5 nitrogen and oxygen atoms in total.